The average molecular weight is 511 g/mol. The number of fused-ring (bicyclic) bond motifs is 1. The van der Waals surface area contributed by atoms with Gasteiger partial charge in [0.1, 0.15) is 16.8 Å². The van der Waals surface area contributed by atoms with Crippen molar-refractivity contribution in [2.45, 2.75) is 57.0 Å². The fourth-order valence-corrected chi connectivity index (χ4v) is 4.91. The number of carbonyl (C=O) groups excluding carboxylic acids is 2. The number of nitrogens with zero attached hydrogens (tertiary/aromatic N) is 4. The maximum atomic E-state index is 13.1. The molecule has 2 fully saturated rings. The summed E-state index contributed by atoms with van der Waals surface area (Å²) in [5.74, 6) is 1.08. The SMILES string of the molecule is CNCC(=O)CC1CCC(Nc2cc(NC3CC3)c3ncc(C(=O)Nc4ccnc(Cl)c4)n3n2)CC1. The molecule has 2 aliphatic rings. The Labute approximate surface area is 214 Å². The largest absolute Gasteiger partial charge is 0.379 e. The first-order valence-electron chi connectivity index (χ1n) is 12.5. The maximum Gasteiger partial charge on any atom is 0.276 e. The van der Waals surface area contributed by atoms with Crippen molar-refractivity contribution in [1.82, 2.24) is 24.9 Å². The highest BCUT2D eigenvalue weighted by Gasteiger charge is 2.26. The van der Waals surface area contributed by atoms with Gasteiger partial charge in [-0.2, -0.15) is 0 Å². The van der Waals surface area contributed by atoms with Gasteiger partial charge in [0.2, 0.25) is 0 Å². The molecule has 0 bridgehead atoms. The Hall–Kier alpha value is -3.24. The molecule has 190 valence electrons. The minimum Gasteiger partial charge on any atom is -0.379 e. The molecule has 36 heavy (non-hydrogen) atoms. The zero-order valence-corrected chi connectivity index (χ0v) is 21.0. The lowest BCUT2D eigenvalue weighted by Gasteiger charge is -2.29. The Morgan fingerprint density at radius 2 is 1.81 bits per heavy atom. The predicted molar refractivity (Wildman–Crippen MR) is 140 cm³/mol. The summed E-state index contributed by atoms with van der Waals surface area (Å²) in [5, 5.41) is 17.9. The van der Waals surface area contributed by atoms with Crippen molar-refractivity contribution in [1.29, 1.82) is 0 Å². The molecular weight excluding hydrogens is 480 g/mol. The number of Topliss-reactive ketones (excluding diaryl/α,β-unsaturated/α-hetero) is 1. The first-order chi connectivity index (χ1) is 17.5. The molecule has 4 N–H and O–H groups in total. The van der Waals surface area contributed by atoms with Crippen molar-refractivity contribution in [2.24, 2.45) is 5.92 Å². The summed E-state index contributed by atoms with van der Waals surface area (Å²) in [5.41, 5.74) is 2.34. The summed E-state index contributed by atoms with van der Waals surface area (Å²) in [4.78, 5) is 33.5. The van der Waals surface area contributed by atoms with Gasteiger partial charge < -0.3 is 21.3 Å². The van der Waals surface area contributed by atoms with Gasteiger partial charge in [-0.15, -0.1) is 5.10 Å². The smallest absolute Gasteiger partial charge is 0.276 e. The first kappa shape index (κ1) is 24.5. The molecule has 2 aliphatic carbocycles. The van der Waals surface area contributed by atoms with Gasteiger partial charge in [0.05, 0.1) is 18.4 Å². The number of imidazole rings is 1. The van der Waals surface area contributed by atoms with Crippen LogP contribution in [0.25, 0.3) is 5.65 Å². The molecule has 0 radical (unpaired) electrons. The van der Waals surface area contributed by atoms with E-state index in [2.05, 4.69) is 31.2 Å². The number of rotatable bonds is 10. The van der Waals surface area contributed by atoms with Gasteiger partial charge in [-0.25, -0.2) is 14.5 Å². The number of ketones is 1. The van der Waals surface area contributed by atoms with E-state index in [-0.39, 0.29) is 17.7 Å². The molecular formula is C25H31ClN8O2. The number of aromatic nitrogens is 4. The highest BCUT2D eigenvalue weighted by Crippen LogP contribution is 2.31. The molecule has 0 unspecified atom stereocenters. The van der Waals surface area contributed by atoms with Crippen molar-refractivity contribution < 1.29 is 9.59 Å². The van der Waals surface area contributed by atoms with Crippen molar-refractivity contribution in [2.75, 3.05) is 29.5 Å². The van der Waals surface area contributed by atoms with E-state index in [1.165, 1.54) is 12.4 Å². The summed E-state index contributed by atoms with van der Waals surface area (Å²) >= 11 is 5.96. The normalized spacial score (nSPS) is 19.7. The van der Waals surface area contributed by atoms with E-state index in [1.807, 2.05) is 6.07 Å². The number of hydrogen-bond acceptors (Lipinski definition) is 8. The predicted octanol–water partition coefficient (Wildman–Crippen LogP) is 3.75. The van der Waals surface area contributed by atoms with Crippen LogP contribution in [0.2, 0.25) is 5.15 Å². The second-order valence-corrected chi connectivity index (χ2v) is 10.1. The lowest BCUT2D eigenvalue weighted by atomic mass is 9.83. The van der Waals surface area contributed by atoms with Crippen molar-refractivity contribution >= 4 is 46.1 Å². The number of pyridine rings is 1. The first-order valence-corrected chi connectivity index (χ1v) is 12.9. The Morgan fingerprint density at radius 3 is 2.53 bits per heavy atom. The van der Waals surface area contributed by atoms with E-state index >= 15 is 0 Å². The quantitative estimate of drug-likeness (QED) is 0.304. The highest BCUT2D eigenvalue weighted by molar-refractivity contribution is 6.29. The van der Waals surface area contributed by atoms with E-state index in [9.17, 15) is 9.59 Å². The Kier molecular flexibility index (Phi) is 7.33. The van der Waals surface area contributed by atoms with Gasteiger partial charge in [0.25, 0.3) is 5.91 Å². The van der Waals surface area contributed by atoms with Crippen LogP contribution < -0.4 is 21.3 Å². The number of carbonyl (C=O) groups is 2. The molecule has 0 saturated heterocycles. The number of amides is 1. The van der Waals surface area contributed by atoms with Crippen molar-refractivity contribution in [3.8, 4) is 0 Å². The third-order valence-corrected chi connectivity index (χ3v) is 6.92. The van der Waals surface area contributed by atoms with Crippen LogP contribution in [0.3, 0.4) is 0 Å². The molecule has 3 aromatic rings. The monoisotopic (exact) mass is 510 g/mol. The third kappa shape index (κ3) is 5.93. The van der Waals surface area contributed by atoms with Crippen LogP contribution in [0.15, 0.2) is 30.6 Å². The van der Waals surface area contributed by atoms with Crippen molar-refractivity contribution in [3.05, 3.63) is 41.4 Å². The molecule has 1 amide bonds. The summed E-state index contributed by atoms with van der Waals surface area (Å²) < 4.78 is 1.59. The Morgan fingerprint density at radius 1 is 1.06 bits per heavy atom. The summed E-state index contributed by atoms with van der Waals surface area (Å²) in [6, 6.07) is 5.93. The highest BCUT2D eigenvalue weighted by atomic mass is 35.5. The molecule has 0 aliphatic heterocycles. The minimum absolute atomic E-state index is 0.263. The van der Waals surface area contributed by atoms with Crippen LogP contribution >= 0.6 is 11.6 Å². The number of anilines is 3. The summed E-state index contributed by atoms with van der Waals surface area (Å²) in [7, 11) is 1.80. The van der Waals surface area contributed by atoms with E-state index in [4.69, 9.17) is 16.7 Å². The number of nitrogens with one attached hydrogen (secondary N) is 4. The fraction of sp³-hybridized carbons (Fsp3) is 0.480. The van der Waals surface area contributed by atoms with Gasteiger partial charge in [-0.05, 0) is 63.6 Å². The third-order valence-electron chi connectivity index (χ3n) is 6.71. The standard InChI is InChI=1S/C25H31ClN8O2/c1-27-13-19(35)10-15-2-4-17(5-3-15)31-23-12-20(30-16-6-7-16)24-29-14-21(34(24)33-23)25(36)32-18-8-9-28-22(26)11-18/h8-9,11-12,14-17,27,30H,2-7,10,13H2,1H3,(H,31,33)(H,28,32,36). The molecule has 11 heteroatoms. The van der Waals surface area contributed by atoms with Crippen LogP contribution in [0.4, 0.5) is 17.2 Å². The lowest BCUT2D eigenvalue weighted by Crippen LogP contribution is -2.29. The van der Waals surface area contributed by atoms with E-state index in [1.54, 1.807) is 23.7 Å². The number of likely N-dealkylation sites (N-methyl/N-ethyl adjacent to an activating group) is 1. The molecule has 0 aromatic carbocycles. The van der Waals surface area contributed by atoms with Crippen LogP contribution in [-0.2, 0) is 4.79 Å². The molecule has 3 heterocycles. The van der Waals surface area contributed by atoms with Gasteiger partial charge >= 0.3 is 0 Å². The van der Waals surface area contributed by atoms with E-state index in [0.717, 1.165) is 44.2 Å². The van der Waals surface area contributed by atoms with Crippen molar-refractivity contribution in [3.63, 3.8) is 0 Å². The summed E-state index contributed by atoms with van der Waals surface area (Å²) in [6.45, 7) is 0.438. The number of halogens is 1. The molecule has 0 atom stereocenters. The van der Waals surface area contributed by atoms with Crippen LogP contribution in [-0.4, -0.2) is 56.9 Å². The molecule has 3 aromatic heterocycles. The van der Waals surface area contributed by atoms with E-state index < -0.39 is 0 Å². The second-order valence-electron chi connectivity index (χ2n) is 9.70. The molecule has 2 saturated carbocycles. The van der Waals surface area contributed by atoms with Gasteiger partial charge in [0.15, 0.2) is 11.3 Å². The molecule has 10 nitrogen and oxygen atoms in total. The lowest BCUT2D eigenvalue weighted by molar-refractivity contribution is -0.119. The fourth-order valence-electron chi connectivity index (χ4n) is 4.73. The Bertz CT molecular complexity index is 1250. The Balaban J connectivity index is 1.33. The van der Waals surface area contributed by atoms with Crippen LogP contribution in [0, 0.1) is 5.92 Å². The van der Waals surface area contributed by atoms with Gasteiger partial charge in [-0.1, -0.05) is 11.6 Å². The van der Waals surface area contributed by atoms with Gasteiger partial charge in [0, 0.05) is 36.5 Å². The number of hydrogen-bond donors (Lipinski definition) is 4. The zero-order valence-electron chi connectivity index (χ0n) is 20.3. The van der Waals surface area contributed by atoms with Crippen LogP contribution in [0.1, 0.15) is 55.4 Å². The average Bonchev–Trinajstić information content (AvgIpc) is 3.55. The topological polar surface area (TPSA) is 125 Å². The van der Waals surface area contributed by atoms with Crippen LogP contribution in [0.5, 0.6) is 0 Å². The maximum absolute atomic E-state index is 13.1. The zero-order chi connectivity index (χ0) is 25.1. The summed E-state index contributed by atoms with van der Waals surface area (Å²) in [6.07, 6.45) is 9.92. The molecule has 0 spiro atoms. The molecule has 5 rings (SSSR count). The minimum atomic E-state index is -0.335. The van der Waals surface area contributed by atoms with E-state index in [0.29, 0.717) is 52.9 Å². The van der Waals surface area contributed by atoms with Gasteiger partial charge in [-0.3, -0.25) is 9.59 Å². The second kappa shape index (κ2) is 10.8.